The first kappa shape index (κ1) is 16.0. The third kappa shape index (κ3) is 6.10. The molecule has 0 spiro atoms. The van der Waals surface area contributed by atoms with Crippen molar-refractivity contribution in [3.8, 4) is 5.75 Å². The molecule has 0 unspecified atom stereocenters. The highest BCUT2D eigenvalue weighted by molar-refractivity contribution is 6.32. The van der Waals surface area contributed by atoms with E-state index in [-0.39, 0.29) is 0 Å². The molecule has 1 aromatic carbocycles. The van der Waals surface area contributed by atoms with Crippen molar-refractivity contribution in [3.63, 3.8) is 0 Å². The quantitative estimate of drug-likeness (QED) is 0.527. The van der Waals surface area contributed by atoms with Gasteiger partial charge in [0.15, 0.2) is 0 Å². The van der Waals surface area contributed by atoms with Gasteiger partial charge in [-0.15, -0.1) is 6.58 Å². The van der Waals surface area contributed by atoms with Crippen LogP contribution in [0.4, 0.5) is 0 Å². The number of allylic oxidation sites excluding steroid dienone is 1. The topological polar surface area (TPSA) is 30.5 Å². The van der Waals surface area contributed by atoms with Gasteiger partial charge < -0.3 is 14.8 Å². The second-order valence-corrected chi connectivity index (χ2v) is 4.58. The number of halogens is 1. The molecule has 1 aromatic rings. The van der Waals surface area contributed by atoms with Gasteiger partial charge in [0.2, 0.25) is 0 Å². The van der Waals surface area contributed by atoms with Gasteiger partial charge in [-0.25, -0.2) is 0 Å². The number of hydrogen-bond donors (Lipinski definition) is 1. The minimum Gasteiger partial charge on any atom is -0.492 e. The number of hydrogen-bond acceptors (Lipinski definition) is 3. The Hall–Kier alpha value is -1.03. The Kier molecular flexibility index (Phi) is 8.30. The molecule has 0 atom stereocenters. The average molecular weight is 284 g/mol. The molecular weight excluding hydrogens is 262 g/mol. The van der Waals surface area contributed by atoms with Crippen molar-refractivity contribution >= 4 is 11.6 Å². The number of ether oxygens (including phenoxy) is 2. The molecule has 0 fully saturated rings. The molecule has 0 heterocycles. The maximum atomic E-state index is 6.18. The van der Waals surface area contributed by atoms with E-state index in [1.54, 1.807) is 7.11 Å². The van der Waals surface area contributed by atoms with Gasteiger partial charge in [0, 0.05) is 25.8 Å². The first-order chi connectivity index (χ1) is 9.29. The summed E-state index contributed by atoms with van der Waals surface area (Å²) in [6.45, 7) is 6.57. The fraction of sp³-hybridized carbons (Fsp3) is 0.467. The Morgan fingerprint density at radius 2 is 2.21 bits per heavy atom. The molecule has 4 heteroatoms. The molecule has 0 radical (unpaired) electrons. The Morgan fingerprint density at radius 3 is 2.95 bits per heavy atom. The lowest BCUT2D eigenvalue weighted by molar-refractivity contribution is 0.199. The summed E-state index contributed by atoms with van der Waals surface area (Å²) in [5, 5.41) is 3.95. The Morgan fingerprint density at radius 1 is 1.37 bits per heavy atom. The van der Waals surface area contributed by atoms with E-state index >= 15 is 0 Å². The molecule has 0 aliphatic heterocycles. The van der Waals surface area contributed by atoms with Crippen molar-refractivity contribution in [2.45, 2.75) is 19.4 Å². The second-order valence-electron chi connectivity index (χ2n) is 4.18. The molecule has 0 aliphatic rings. The smallest absolute Gasteiger partial charge is 0.142 e. The van der Waals surface area contributed by atoms with Crippen molar-refractivity contribution in [2.75, 3.05) is 26.9 Å². The molecule has 0 saturated heterocycles. The van der Waals surface area contributed by atoms with E-state index in [1.807, 2.05) is 24.3 Å². The highest BCUT2D eigenvalue weighted by Gasteiger charge is 2.07. The van der Waals surface area contributed by atoms with Crippen molar-refractivity contribution in [2.24, 2.45) is 0 Å². The van der Waals surface area contributed by atoms with Crippen LogP contribution in [0.1, 0.15) is 18.4 Å². The van der Waals surface area contributed by atoms with Crippen LogP contribution in [0.25, 0.3) is 0 Å². The van der Waals surface area contributed by atoms with Crippen LogP contribution in [-0.2, 0) is 11.3 Å². The maximum Gasteiger partial charge on any atom is 0.142 e. The molecule has 0 amide bonds. The van der Waals surface area contributed by atoms with E-state index in [0.29, 0.717) is 18.2 Å². The predicted octanol–water partition coefficient (Wildman–Crippen LogP) is 3.42. The van der Waals surface area contributed by atoms with Gasteiger partial charge in [0.1, 0.15) is 5.75 Å². The molecule has 3 nitrogen and oxygen atoms in total. The van der Waals surface area contributed by atoms with Gasteiger partial charge in [0.25, 0.3) is 0 Å². The summed E-state index contributed by atoms with van der Waals surface area (Å²) in [4.78, 5) is 0. The van der Waals surface area contributed by atoms with Crippen LogP contribution < -0.4 is 10.1 Å². The van der Waals surface area contributed by atoms with Crippen LogP contribution in [0, 0.1) is 0 Å². The van der Waals surface area contributed by atoms with E-state index in [2.05, 4.69) is 11.9 Å². The molecule has 0 bridgehead atoms. The second kappa shape index (κ2) is 9.84. The third-order valence-electron chi connectivity index (χ3n) is 2.65. The molecule has 0 aromatic heterocycles. The van der Waals surface area contributed by atoms with E-state index in [4.69, 9.17) is 21.1 Å². The van der Waals surface area contributed by atoms with Gasteiger partial charge >= 0.3 is 0 Å². The Bertz CT molecular complexity index is 382. The number of benzene rings is 1. The fourth-order valence-electron chi connectivity index (χ4n) is 1.65. The van der Waals surface area contributed by atoms with Crippen LogP contribution in [-0.4, -0.2) is 26.9 Å². The predicted molar refractivity (Wildman–Crippen MR) is 80.0 cm³/mol. The van der Waals surface area contributed by atoms with Crippen LogP contribution in [0.5, 0.6) is 5.75 Å². The van der Waals surface area contributed by atoms with E-state index < -0.39 is 0 Å². The van der Waals surface area contributed by atoms with Crippen LogP contribution in [0.3, 0.4) is 0 Å². The number of nitrogens with one attached hydrogen (secondary N) is 1. The average Bonchev–Trinajstić information content (AvgIpc) is 2.42. The molecular formula is C15H22ClNO2. The van der Waals surface area contributed by atoms with E-state index in [9.17, 15) is 0 Å². The first-order valence-electron chi connectivity index (χ1n) is 6.50. The molecule has 106 valence electrons. The zero-order chi connectivity index (χ0) is 13.9. The summed E-state index contributed by atoms with van der Waals surface area (Å²) in [7, 11) is 1.69. The molecule has 19 heavy (non-hydrogen) atoms. The zero-order valence-electron chi connectivity index (χ0n) is 11.5. The zero-order valence-corrected chi connectivity index (χ0v) is 12.2. The monoisotopic (exact) mass is 283 g/mol. The van der Waals surface area contributed by atoms with Crippen molar-refractivity contribution in [3.05, 3.63) is 41.4 Å². The third-order valence-corrected chi connectivity index (χ3v) is 2.94. The number of methoxy groups -OCH3 is 1. The van der Waals surface area contributed by atoms with Crippen LogP contribution in [0.15, 0.2) is 30.9 Å². The fourth-order valence-corrected chi connectivity index (χ4v) is 1.90. The lowest BCUT2D eigenvalue weighted by Crippen LogP contribution is -2.19. The van der Waals surface area contributed by atoms with Gasteiger partial charge in [-0.2, -0.15) is 0 Å². The Balaban J connectivity index is 2.53. The van der Waals surface area contributed by atoms with Crippen LogP contribution >= 0.6 is 11.6 Å². The number of para-hydroxylation sites is 1. The highest BCUT2D eigenvalue weighted by Crippen LogP contribution is 2.28. The van der Waals surface area contributed by atoms with E-state index in [0.717, 1.165) is 37.2 Å². The first-order valence-corrected chi connectivity index (χ1v) is 6.88. The van der Waals surface area contributed by atoms with Crippen molar-refractivity contribution in [1.29, 1.82) is 0 Å². The van der Waals surface area contributed by atoms with E-state index in [1.165, 1.54) is 0 Å². The van der Waals surface area contributed by atoms with Crippen molar-refractivity contribution in [1.82, 2.24) is 5.32 Å². The molecule has 1 N–H and O–H groups in total. The SMILES string of the molecule is C=CCCCOc1c(Cl)cccc1CNCCOC. The summed E-state index contributed by atoms with van der Waals surface area (Å²) in [6.07, 6.45) is 3.79. The molecule has 1 rings (SSSR count). The standard InChI is InChI=1S/C15H22ClNO2/c1-3-4-5-10-19-15-13(7-6-8-14(15)16)12-17-9-11-18-2/h3,6-8,17H,1,4-5,9-12H2,2H3. The summed E-state index contributed by atoms with van der Waals surface area (Å²) < 4.78 is 10.8. The van der Waals surface area contributed by atoms with Gasteiger partial charge in [-0.1, -0.05) is 29.8 Å². The largest absolute Gasteiger partial charge is 0.492 e. The summed E-state index contributed by atoms with van der Waals surface area (Å²) >= 11 is 6.18. The summed E-state index contributed by atoms with van der Waals surface area (Å²) in [6, 6.07) is 5.81. The maximum absolute atomic E-state index is 6.18. The summed E-state index contributed by atoms with van der Waals surface area (Å²) in [5.41, 5.74) is 1.07. The minimum atomic E-state index is 0.654. The van der Waals surface area contributed by atoms with Gasteiger partial charge in [-0.3, -0.25) is 0 Å². The Labute approximate surface area is 120 Å². The van der Waals surface area contributed by atoms with Crippen molar-refractivity contribution < 1.29 is 9.47 Å². The highest BCUT2D eigenvalue weighted by atomic mass is 35.5. The van der Waals surface area contributed by atoms with Crippen LogP contribution in [0.2, 0.25) is 5.02 Å². The van der Waals surface area contributed by atoms with Gasteiger partial charge in [-0.05, 0) is 18.9 Å². The molecule has 0 saturated carbocycles. The molecule has 0 aliphatic carbocycles. The lowest BCUT2D eigenvalue weighted by Gasteiger charge is -2.13. The number of unbranched alkanes of at least 4 members (excludes halogenated alkanes) is 1. The normalized spacial score (nSPS) is 10.4. The lowest BCUT2D eigenvalue weighted by atomic mass is 10.2. The van der Waals surface area contributed by atoms with Gasteiger partial charge in [0.05, 0.1) is 18.2 Å². The summed E-state index contributed by atoms with van der Waals surface area (Å²) in [5.74, 6) is 0.776. The minimum absolute atomic E-state index is 0.654. The number of rotatable bonds is 10.